The zero-order valence-corrected chi connectivity index (χ0v) is 12.3. The maximum absolute atomic E-state index is 11.7. The summed E-state index contributed by atoms with van der Waals surface area (Å²) in [7, 11) is 0. The Morgan fingerprint density at radius 1 is 1.35 bits per heavy atom. The van der Waals surface area contributed by atoms with Crippen LogP contribution in [0.4, 0.5) is 10.5 Å². The Balaban J connectivity index is 1.67. The molecule has 0 radical (unpaired) electrons. The van der Waals surface area contributed by atoms with Gasteiger partial charge in [-0.15, -0.1) is 0 Å². The standard InChI is InChI=1S/C14H17N3O6/c18-13(19)2-1-7-15-14(20)16-8-12(9-16)23-11-5-3-10(4-6-11)17(21)22/h3-6,12H,1-2,7-9H2,(H,15,20)(H,18,19). The molecule has 2 rings (SSSR count). The number of nitro groups is 1. The van der Waals surface area contributed by atoms with Gasteiger partial charge < -0.3 is 20.1 Å². The molecule has 2 amide bonds. The van der Waals surface area contributed by atoms with Gasteiger partial charge >= 0.3 is 12.0 Å². The Morgan fingerprint density at radius 3 is 2.57 bits per heavy atom. The minimum Gasteiger partial charge on any atom is -0.487 e. The number of likely N-dealkylation sites (tertiary alicyclic amines) is 1. The first kappa shape index (κ1) is 16.5. The number of carboxylic acids is 1. The fourth-order valence-corrected chi connectivity index (χ4v) is 2.06. The summed E-state index contributed by atoms with van der Waals surface area (Å²) in [5.74, 6) is -0.373. The predicted octanol–water partition coefficient (Wildman–Crippen LogP) is 1.23. The third kappa shape index (κ3) is 4.83. The molecule has 1 aliphatic rings. The lowest BCUT2D eigenvalue weighted by molar-refractivity contribution is -0.384. The summed E-state index contributed by atoms with van der Waals surface area (Å²) in [5.41, 5.74) is -0.00618. The number of ether oxygens (including phenoxy) is 1. The largest absolute Gasteiger partial charge is 0.487 e. The van der Waals surface area contributed by atoms with Crippen LogP contribution in [0.2, 0.25) is 0 Å². The molecular weight excluding hydrogens is 306 g/mol. The van der Waals surface area contributed by atoms with Crippen molar-refractivity contribution in [2.75, 3.05) is 19.6 Å². The zero-order chi connectivity index (χ0) is 16.8. The molecule has 124 valence electrons. The van der Waals surface area contributed by atoms with Crippen molar-refractivity contribution in [1.82, 2.24) is 10.2 Å². The smallest absolute Gasteiger partial charge is 0.317 e. The van der Waals surface area contributed by atoms with E-state index in [9.17, 15) is 19.7 Å². The van der Waals surface area contributed by atoms with Gasteiger partial charge in [0.25, 0.3) is 5.69 Å². The van der Waals surface area contributed by atoms with Gasteiger partial charge in [0.15, 0.2) is 0 Å². The van der Waals surface area contributed by atoms with E-state index in [1.165, 1.54) is 24.3 Å². The highest BCUT2D eigenvalue weighted by molar-refractivity contribution is 5.75. The molecule has 0 unspecified atom stereocenters. The van der Waals surface area contributed by atoms with Gasteiger partial charge in [0.1, 0.15) is 11.9 Å². The monoisotopic (exact) mass is 323 g/mol. The molecule has 0 saturated carbocycles. The second-order valence-electron chi connectivity index (χ2n) is 5.13. The van der Waals surface area contributed by atoms with Crippen LogP contribution in [-0.2, 0) is 4.79 Å². The molecule has 1 heterocycles. The summed E-state index contributed by atoms with van der Waals surface area (Å²) >= 11 is 0. The number of nitrogens with one attached hydrogen (secondary N) is 1. The van der Waals surface area contributed by atoms with Crippen molar-refractivity contribution in [3.8, 4) is 5.75 Å². The molecule has 1 saturated heterocycles. The quantitative estimate of drug-likeness (QED) is 0.442. The molecule has 1 aromatic rings. The summed E-state index contributed by atoms with van der Waals surface area (Å²) in [5, 5.41) is 21.7. The number of hydrogen-bond donors (Lipinski definition) is 2. The second-order valence-corrected chi connectivity index (χ2v) is 5.13. The molecule has 9 heteroatoms. The molecule has 1 aliphatic heterocycles. The maximum Gasteiger partial charge on any atom is 0.317 e. The Bertz CT molecular complexity index is 583. The van der Waals surface area contributed by atoms with Crippen LogP contribution in [-0.4, -0.2) is 52.7 Å². The van der Waals surface area contributed by atoms with Crippen molar-refractivity contribution in [3.05, 3.63) is 34.4 Å². The molecule has 9 nitrogen and oxygen atoms in total. The average molecular weight is 323 g/mol. The molecule has 2 N–H and O–H groups in total. The minimum absolute atomic E-state index is 0.00618. The van der Waals surface area contributed by atoms with Gasteiger partial charge in [-0.05, 0) is 18.6 Å². The molecule has 0 atom stereocenters. The van der Waals surface area contributed by atoms with Gasteiger partial charge in [-0.25, -0.2) is 4.79 Å². The molecule has 23 heavy (non-hydrogen) atoms. The summed E-state index contributed by atoms with van der Waals surface area (Å²) in [6, 6.07) is 5.51. The first-order valence-electron chi connectivity index (χ1n) is 7.11. The molecule has 0 spiro atoms. The topological polar surface area (TPSA) is 122 Å². The van der Waals surface area contributed by atoms with Crippen molar-refractivity contribution in [1.29, 1.82) is 0 Å². The van der Waals surface area contributed by atoms with Gasteiger partial charge in [-0.3, -0.25) is 14.9 Å². The van der Waals surface area contributed by atoms with Crippen molar-refractivity contribution < 1.29 is 24.4 Å². The highest BCUT2D eigenvalue weighted by Gasteiger charge is 2.32. The highest BCUT2D eigenvalue weighted by atomic mass is 16.6. The number of amides is 2. The summed E-state index contributed by atoms with van der Waals surface area (Å²) in [6.07, 6.45) is 0.255. The molecule has 0 aliphatic carbocycles. The number of urea groups is 1. The lowest BCUT2D eigenvalue weighted by Gasteiger charge is -2.38. The van der Waals surface area contributed by atoms with Crippen LogP contribution in [0.3, 0.4) is 0 Å². The molecule has 1 fully saturated rings. The third-order valence-corrected chi connectivity index (χ3v) is 3.33. The molecular formula is C14H17N3O6. The first-order chi connectivity index (χ1) is 11.0. The van der Waals surface area contributed by atoms with Crippen LogP contribution in [0, 0.1) is 10.1 Å². The summed E-state index contributed by atoms with van der Waals surface area (Å²) < 4.78 is 5.60. The first-order valence-corrected chi connectivity index (χ1v) is 7.11. The van der Waals surface area contributed by atoms with Crippen molar-refractivity contribution >= 4 is 17.7 Å². The van der Waals surface area contributed by atoms with E-state index >= 15 is 0 Å². The zero-order valence-electron chi connectivity index (χ0n) is 12.3. The van der Waals surface area contributed by atoms with Crippen molar-refractivity contribution in [3.63, 3.8) is 0 Å². The third-order valence-electron chi connectivity index (χ3n) is 3.33. The van der Waals surface area contributed by atoms with E-state index < -0.39 is 10.9 Å². The number of hydrogen-bond acceptors (Lipinski definition) is 5. The normalized spacial score (nSPS) is 14.0. The number of non-ortho nitro benzene ring substituents is 1. The fourth-order valence-electron chi connectivity index (χ4n) is 2.06. The Morgan fingerprint density at radius 2 is 2.00 bits per heavy atom. The average Bonchev–Trinajstić information content (AvgIpc) is 2.47. The van der Waals surface area contributed by atoms with Crippen molar-refractivity contribution in [2.24, 2.45) is 0 Å². The Hall–Kier alpha value is -2.84. The van der Waals surface area contributed by atoms with E-state index in [-0.39, 0.29) is 24.2 Å². The van der Waals surface area contributed by atoms with Crippen molar-refractivity contribution in [2.45, 2.75) is 18.9 Å². The number of nitrogens with zero attached hydrogens (tertiary/aromatic N) is 2. The molecule has 0 aromatic heterocycles. The van der Waals surface area contributed by atoms with Crippen LogP contribution in [0.25, 0.3) is 0 Å². The lowest BCUT2D eigenvalue weighted by Crippen LogP contribution is -2.58. The fraction of sp³-hybridized carbons (Fsp3) is 0.429. The Kier molecular flexibility index (Phi) is 5.34. The number of carbonyl (C=O) groups is 2. The van der Waals surface area contributed by atoms with Crippen LogP contribution in [0.5, 0.6) is 5.75 Å². The maximum atomic E-state index is 11.7. The second kappa shape index (κ2) is 7.43. The van der Waals surface area contributed by atoms with E-state index in [0.717, 1.165) is 0 Å². The van der Waals surface area contributed by atoms with E-state index in [2.05, 4.69) is 5.32 Å². The van der Waals surface area contributed by atoms with Crippen LogP contribution in [0.1, 0.15) is 12.8 Å². The van der Waals surface area contributed by atoms with Gasteiger partial charge in [0.2, 0.25) is 0 Å². The predicted molar refractivity (Wildman–Crippen MR) is 79.4 cm³/mol. The van der Waals surface area contributed by atoms with Gasteiger partial charge in [-0.2, -0.15) is 0 Å². The molecule has 0 bridgehead atoms. The van der Waals surface area contributed by atoms with Crippen LogP contribution in [0.15, 0.2) is 24.3 Å². The van der Waals surface area contributed by atoms with Gasteiger partial charge in [0, 0.05) is 25.1 Å². The van der Waals surface area contributed by atoms with E-state index in [1.54, 1.807) is 4.90 Å². The van der Waals surface area contributed by atoms with Crippen LogP contribution < -0.4 is 10.1 Å². The van der Waals surface area contributed by atoms with Crippen LogP contribution >= 0.6 is 0 Å². The number of nitro benzene ring substituents is 1. The SMILES string of the molecule is O=C(O)CCCNC(=O)N1CC(Oc2ccc([N+](=O)[O-])cc2)C1. The number of carboxylic acid groups (broad SMARTS) is 1. The van der Waals surface area contributed by atoms with E-state index in [0.29, 0.717) is 31.8 Å². The molecule has 1 aromatic carbocycles. The Labute approximate surface area is 132 Å². The number of benzene rings is 1. The minimum atomic E-state index is -0.889. The van der Waals surface area contributed by atoms with Gasteiger partial charge in [-0.1, -0.05) is 0 Å². The van der Waals surface area contributed by atoms with E-state index in [1.807, 2.05) is 0 Å². The summed E-state index contributed by atoms with van der Waals surface area (Å²) in [4.78, 5) is 33.7. The highest BCUT2D eigenvalue weighted by Crippen LogP contribution is 2.21. The van der Waals surface area contributed by atoms with Gasteiger partial charge in [0.05, 0.1) is 18.0 Å². The number of aliphatic carboxylic acids is 1. The number of rotatable bonds is 7. The lowest BCUT2D eigenvalue weighted by atomic mass is 10.2. The number of carbonyl (C=O) groups excluding carboxylic acids is 1. The summed E-state index contributed by atoms with van der Waals surface area (Å²) in [6.45, 7) is 1.15. The van der Waals surface area contributed by atoms with E-state index in [4.69, 9.17) is 9.84 Å².